The molecule has 1 saturated heterocycles. The van der Waals surface area contributed by atoms with Crippen molar-refractivity contribution < 1.29 is 9.53 Å². The van der Waals surface area contributed by atoms with Crippen molar-refractivity contribution in [3.05, 3.63) is 59.7 Å². The van der Waals surface area contributed by atoms with Gasteiger partial charge in [-0.2, -0.15) is 0 Å². The van der Waals surface area contributed by atoms with Gasteiger partial charge in [0.15, 0.2) is 5.96 Å². The number of carbonyl (C=O) groups excluding carboxylic acids is 1. The standard InChI is InChI=1S/C25H35N5O2/c1-5-26-25(27-16-19-9-11-21(12-10-19)24(31)29(2)3)28-17-20-13-14-30(18-20)22-7-6-8-23(15-22)32-4/h6-12,15,20H,5,13-14,16-18H2,1-4H3,(H2,26,27,28). The van der Waals surface area contributed by atoms with Crippen molar-refractivity contribution in [1.82, 2.24) is 15.5 Å². The van der Waals surface area contributed by atoms with E-state index in [1.165, 1.54) is 5.69 Å². The molecular weight excluding hydrogens is 402 g/mol. The summed E-state index contributed by atoms with van der Waals surface area (Å²) in [6.45, 7) is 6.38. The van der Waals surface area contributed by atoms with Gasteiger partial charge in [-0.05, 0) is 49.1 Å². The third kappa shape index (κ3) is 6.39. The predicted molar refractivity (Wildman–Crippen MR) is 131 cm³/mol. The van der Waals surface area contributed by atoms with Gasteiger partial charge in [0.1, 0.15) is 5.75 Å². The molecule has 1 aliphatic heterocycles. The molecule has 2 aromatic carbocycles. The van der Waals surface area contributed by atoms with E-state index in [4.69, 9.17) is 9.73 Å². The maximum Gasteiger partial charge on any atom is 0.253 e. The van der Waals surface area contributed by atoms with Crippen LogP contribution in [0.15, 0.2) is 53.5 Å². The Kier molecular flexibility index (Phi) is 8.36. The summed E-state index contributed by atoms with van der Waals surface area (Å²) in [5.41, 5.74) is 2.97. The van der Waals surface area contributed by atoms with Crippen LogP contribution in [-0.4, -0.2) is 64.2 Å². The van der Waals surface area contributed by atoms with Crippen LogP contribution in [0.5, 0.6) is 5.75 Å². The highest BCUT2D eigenvalue weighted by Crippen LogP contribution is 2.26. The van der Waals surface area contributed by atoms with Crippen LogP contribution in [0.3, 0.4) is 0 Å². The van der Waals surface area contributed by atoms with Gasteiger partial charge < -0.3 is 25.2 Å². The zero-order valence-corrected chi connectivity index (χ0v) is 19.6. The average Bonchev–Trinajstić information content (AvgIpc) is 3.30. The molecule has 1 heterocycles. The number of amides is 1. The summed E-state index contributed by atoms with van der Waals surface area (Å²) in [4.78, 5) is 20.7. The number of anilines is 1. The molecule has 0 aromatic heterocycles. The molecule has 1 amide bonds. The number of hydrogen-bond donors (Lipinski definition) is 2. The maximum absolute atomic E-state index is 12.0. The lowest BCUT2D eigenvalue weighted by molar-refractivity contribution is 0.0827. The molecule has 32 heavy (non-hydrogen) atoms. The Bertz CT molecular complexity index is 911. The van der Waals surface area contributed by atoms with Gasteiger partial charge in [-0.3, -0.25) is 4.79 Å². The molecule has 0 saturated carbocycles. The molecule has 0 spiro atoms. The van der Waals surface area contributed by atoms with Gasteiger partial charge in [0.25, 0.3) is 5.91 Å². The third-order valence-electron chi connectivity index (χ3n) is 5.63. The number of aliphatic imine (C=N–C) groups is 1. The SMILES string of the molecule is CCNC(=NCc1ccc(C(=O)N(C)C)cc1)NCC1CCN(c2cccc(OC)c2)C1. The molecule has 1 atom stereocenters. The molecule has 0 radical (unpaired) electrons. The summed E-state index contributed by atoms with van der Waals surface area (Å²) in [6.07, 6.45) is 1.14. The Morgan fingerprint density at radius 1 is 1.19 bits per heavy atom. The molecule has 0 bridgehead atoms. The highest BCUT2D eigenvalue weighted by atomic mass is 16.5. The number of rotatable bonds is 8. The van der Waals surface area contributed by atoms with Crippen molar-refractivity contribution in [2.75, 3.05) is 52.3 Å². The smallest absolute Gasteiger partial charge is 0.253 e. The third-order valence-corrected chi connectivity index (χ3v) is 5.63. The Labute approximate surface area is 191 Å². The molecule has 3 rings (SSSR count). The second-order valence-electron chi connectivity index (χ2n) is 8.27. The molecule has 1 fully saturated rings. The van der Waals surface area contributed by atoms with Gasteiger partial charge in [0, 0.05) is 57.6 Å². The minimum absolute atomic E-state index is 0.00890. The zero-order chi connectivity index (χ0) is 22.9. The lowest BCUT2D eigenvalue weighted by atomic mass is 10.1. The summed E-state index contributed by atoms with van der Waals surface area (Å²) >= 11 is 0. The van der Waals surface area contributed by atoms with Crippen LogP contribution >= 0.6 is 0 Å². The largest absolute Gasteiger partial charge is 0.497 e. The highest BCUT2D eigenvalue weighted by Gasteiger charge is 2.23. The molecule has 172 valence electrons. The molecule has 1 aliphatic rings. The number of hydrogen-bond acceptors (Lipinski definition) is 4. The summed E-state index contributed by atoms with van der Waals surface area (Å²) in [6, 6.07) is 15.9. The Morgan fingerprint density at radius 2 is 1.97 bits per heavy atom. The first kappa shape index (κ1) is 23.4. The Hall–Kier alpha value is -3.22. The number of nitrogens with one attached hydrogen (secondary N) is 2. The van der Waals surface area contributed by atoms with E-state index < -0.39 is 0 Å². The van der Waals surface area contributed by atoms with Crippen LogP contribution < -0.4 is 20.3 Å². The fourth-order valence-electron chi connectivity index (χ4n) is 3.80. The first-order chi connectivity index (χ1) is 15.5. The molecule has 1 unspecified atom stereocenters. The fourth-order valence-corrected chi connectivity index (χ4v) is 3.80. The van der Waals surface area contributed by atoms with Crippen molar-refractivity contribution in [3.63, 3.8) is 0 Å². The number of nitrogens with zero attached hydrogens (tertiary/aromatic N) is 3. The maximum atomic E-state index is 12.0. The van der Waals surface area contributed by atoms with E-state index in [0.717, 1.165) is 49.9 Å². The minimum Gasteiger partial charge on any atom is -0.497 e. The van der Waals surface area contributed by atoms with Crippen molar-refractivity contribution in [1.29, 1.82) is 0 Å². The molecule has 0 aliphatic carbocycles. The van der Waals surface area contributed by atoms with E-state index in [9.17, 15) is 4.79 Å². The van der Waals surface area contributed by atoms with Crippen LogP contribution in [0.4, 0.5) is 5.69 Å². The normalized spacial score (nSPS) is 16.1. The topological polar surface area (TPSA) is 69.2 Å². The number of methoxy groups -OCH3 is 1. The summed E-state index contributed by atoms with van der Waals surface area (Å²) in [5, 5.41) is 6.83. The second-order valence-corrected chi connectivity index (χ2v) is 8.27. The minimum atomic E-state index is 0.00890. The van der Waals surface area contributed by atoms with E-state index in [0.29, 0.717) is 18.0 Å². The number of ether oxygens (including phenoxy) is 1. The second kappa shape index (κ2) is 11.4. The summed E-state index contributed by atoms with van der Waals surface area (Å²) < 4.78 is 5.36. The fraction of sp³-hybridized carbons (Fsp3) is 0.440. The summed E-state index contributed by atoms with van der Waals surface area (Å²) in [7, 11) is 5.22. The lowest BCUT2D eigenvalue weighted by Gasteiger charge is -2.20. The number of benzene rings is 2. The van der Waals surface area contributed by atoms with E-state index in [-0.39, 0.29) is 5.91 Å². The first-order valence-corrected chi connectivity index (χ1v) is 11.2. The molecule has 2 N–H and O–H groups in total. The highest BCUT2D eigenvalue weighted by molar-refractivity contribution is 5.93. The average molecular weight is 438 g/mol. The monoisotopic (exact) mass is 437 g/mol. The number of guanidine groups is 1. The molecule has 7 nitrogen and oxygen atoms in total. The van der Waals surface area contributed by atoms with Crippen molar-refractivity contribution in [3.8, 4) is 5.75 Å². The molecule has 2 aromatic rings. The van der Waals surface area contributed by atoms with Crippen molar-refractivity contribution in [2.24, 2.45) is 10.9 Å². The van der Waals surface area contributed by atoms with E-state index in [1.807, 2.05) is 36.4 Å². The summed E-state index contributed by atoms with van der Waals surface area (Å²) in [5.74, 6) is 2.28. The first-order valence-electron chi connectivity index (χ1n) is 11.2. The van der Waals surface area contributed by atoms with Crippen LogP contribution in [0.1, 0.15) is 29.3 Å². The zero-order valence-electron chi connectivity index (χ0n) is 19.6. The van der Waals surface area contributed by atoms with Crippen molar-refractivity contribution >= 4 is 17.6 Å². The van der Waals surface area contributed by atoms with Crippen LogP contribution in [0.2, 0.25) is 0 Å². The van der Waals surface area contributed by atoms with E-state index in [1.54, 1.807) is 26.1 Å². The molecule has 7 heteroatoms. The van der Waals surface area contributed by atoms with E-state index in [2.05, 4.69) is 34.6 Å². The van der Waals surface area contributed by atoms with Crippen LogP contribution in [-0.2, 0) is 6.54 Å². The van der Waals surface area contributed by atoms with Crippen molar-refractivity contribution in [2.45, 2.75) is 19.9 Å². The van der Waals surface area contributed by atoms with Crippen LogP contribution in [0.25, 0.3) is 0 Å². The predicted octanol–water partition coefficient (Wildman–Crippen LogP) is 2.98. The molecular formula is C25H35N5O2. The Morgan fingerprint density at radius 3 is 2.66 bits per heavy atom. The van der Waals surface area contributed by atoms with Crippen LogP contribution in [0, 0.1) is 5.92 Å². The van der Waals surface area contributed by atoms with Gasteiger partial charge in [-0.1, -0.05) is 18.2 Å². The lowest BCUT2D eigenvalue weighted by Crippen LogP contribution is -2.40. The van der Waals surface area contributed by atoms with Gasteiger partial charge in [-0.25, -0.2) is 4.99 Å². The van der Waals surface area contributed by atoms with E-state index >= 15 is 0 Å². The van der Waals surface area contributed by atoms with Gasteiger partial charge in [-0.15, -0.1) is 0 Å². The van der Waals surface area contributed by atoms with Gasteiger partial charge in [0.2, 0.25) is 0 Å². The quantitative estimate of drug-likeness (QED) is 0.491. The van der Waals surface area contributed by atoms with Gasteiger partial charge >= 0.3 is 0 Å². The van der Waals surface area contributed by atoms with Gasteiger partial charge in [0.05, 0.1) is 13.7 Å². The Balaban J connectivity index is 1.53. The number of carbonyl (C=O) groups is 1.